The van der Waals surface area contributed by atoms with Crippen molar-refractivity contribution >= 4 is 33.5 Å². The predicted octanol–water partition coefficient (Wildman–Crippen LogP) is 3.06. The molecule has 1 aromatic carbocycles. The number of aromatic nitrogens is 2. The molecule has 1 unspecified atom stereocenters. The van der Waals surface area contributed by atoms with Crippen molar-refractivity contribution in [2.24, 2.45) is 0 Å². The van der Waals surface area contributed by atoms with E-state index >= 15 is 0 Å². The molecule has 2 aromatic heterocycles. The molecule has 2 heterocycles. The van der Waals surface area contributed by atoms with Crippen LogP contribution >= 0.6 is 0 Å². The Labute approximate surface area is 132 Å². The molecule has 0 spiro atoms. The molecular formula is C18H16N2O3. The number of carbonyl (C=O) groups excluding carboxylic acids is 2. The summed E-state index contributed by atoms with van der Waals surface area (Å²) in [5.41, 5.74) is 1.70. The third kappa shape index (κ3) is 2.11. The molecule has 5 nitrogen and oxygen atoms in total. The van der Waals surface area contributed by atoms with Gasteiger partial charge in [0.2, 0.25) is 5.88 Å². The first-order valence-electron chi connectivity index (χ1n) is 7.67. The number of Topliss-reactive ketones (excluding diaryl/α,β-unsaturated/α-hetero) is 2. The zero-order chi connectivity index (χ0) is 16.0. The first-order chi connectivity index (χ1) is 11.2. The number of nitrogens with zero attached hydrogens (tertiary/aromatic N) is 2. The quantitative estimate of drug-likeness (QED) is 0.683. The maximum atomic E-state index is 12.4. The standard InChI is InChI=1S/C18H16N2O3/c1-23-17-9-7-13-12-4-2-3-5-14(12)20(18(13)19-17)15-8-6-11(21)10-16(15)22/h2-5,7,9,15H,6,8,10H2,1H3. The van der Waals surface area contributed by atoms with Crippen molar-refractivity contribution in [1.82, 2.24) is 9.55 Å². The molecule has 4 rings (SSSR count). The summed E-state index contributed by atoms with van der Waals surface area (Å²) in [6.45, 7) is 0. The molecule has 0 N–H and O–H groups in total. The van der Waals surface area contributed by atoms with Crippen LogP contribution in [0.2, 0.25) is 0 Å². The molecule has 1 aliphatic rings. The number of para-hydroxylation sites is 1. The molecule has 1 atom stereocenters. The van der Waals surface area contributed by atoms with Gasteiger partial charge in [0, 0.05) is 23.3 Å². The van der Waals surface area contributed by atoms with E-state index in [0.717, 1.165) is 21.9 Å². The molecule has 0 amide bonds. The summed E-state index contributed by atoms with van der Waals surface area (Å²) in [5, 5.41) is 2.05. The molecule has 1 saturated carbocycles. The minimum absolute atomic E-state index is 0.0165. The summed E-state index contributed by atoms with van der Waals surface area (Å²) in [7, 11) is 1.57. The van der Waals surface area contributed by atoms with E-state index < -0.39 is 0 Å². The van der Waals surface area contributed by atoms with Gasteiger partial charge in [0.25, 0.3) is 0 Å². The van der Waals surface area contributed by atoms with Crippen LogP contribution in [-0.2, 0) is 9.59 Å². The number of benzene rings is 1. The summed E-state index contributed by atoms with van der Waals surface area (Å²) in [6, 6.07) is 11.4. The molecule has 116 valence electrons. The van der Waals surface area contributed by atoms with E-state index in [1.165, 1.54) is 0 Å². The summed E-state index contributed by atoms with van der Waals surface area (Å²) in [5.74, 6) is 0.506. The Kier molecular flexibility index (Phi) is 3.15. The molecule has 5 heteroatoms. The Morgan fingerprint density at radius 3 is 2.74 bits per heavy atom. The van der Waals surface area contributed by atoms with Gasteiger partial charge in [-0.1, -0.05) is 18.2 Å². The molecule has 0 bridgehead atoms. The van der Waals surface area contributed by atoms with Crippen LogP contribution in [0.3, 0.4) is 0 Å². The second-order valence-electron chi connectivity index (χ2n) is 5.85. The molecule has 1 aliphatic carbocycles. The lowest BCUT2D eigenvalue weighted by molar-refractivity contribution is -0.131. The third-order valence-corrected chi connectivity index (χ3v) is 4.49. The second kappa shape index (κ2) is 5.19. The molecule has 0 saturated heterocycles. The van der Waals surface area contributed by atoms with Crippen molar-refractivity contribution in [3.05, 3.63) is 36.4 Å². The summed E-state index contributed by atoms with van der Waals surface area (Å²) >= 11 is 0. The number of pyridine rings is 1. The zero-order valence-corrected chi connectivity index (χ0v) is 12.8. The average Bonchev–Trinajstić information content (AvgIpc) is 2.89. The number of fused-ring (bicyclic) bond motifs is 3. The van der Waals surface area contributed by atoms with Crippen molar-refractivity contribution in [3.63, 3.8) is 0 Å². The monoisotopic (exact) mass is 308 g/mol. The molecule has 3 aromatic rings. The van der Waals surface area contributed by atoms with Crippen LogP contribution in [0, 0.1) is 0 Å². The maximum Gasteiger partial charge on any atom is 0.214 e. The van der Waals surface area contributed by atoms with Gasteiger partial charge in [0.1, 0.15) is 11.4 Å². The van der Waals surface area contributed by atoms with E-state index in [1.54, 1.807) is 7.11 Å². The van der Waals surface area contributed by atoms with Gasteiger partial charge in [0.05, 0.1) is 25.1 Å². The van der Waals surface area contributed by atoms with Gasteiger partial charge in [-0.05, 0) is 18.6 Å². The third-order valence-electron chi connectivity index (χ3n) is 4.49. The topological polar surface area (TPSA) is 61.2 Å². The fraction of sp³-hybridized carbons (Fsp3) is 0.278. The fourth-order valence-corrected chi connectivity index (χ4v) is 3.41. The van der Waals surface area contributed by atoms with Crippen LogP contribution in [0.15, 0.2) is 36.4 Å². The van der Waals surface area contributed by atoms with Crippen molar-refractivity contribution in [3.8, 4) is 5.88 Å². The molecular weight excluding hydrogens is 292 g/mol. The molecule has 23 heavy (non-hydrogen) atoms. The zero-order valence-electron chi connectivity index (χ0n) is 12.8. The van der Waals surface area contributed by atoms with Crippen LogP contribution in [0.1, 0.15) is 25.3 Å². The van der Waals surface area contributed by atoms with Gasteiger partial charge in [-0.3, -0.25) is 9.59 Å². The van der Waals surface area contributed by atoms with Crippen LogP contribution < -0.4 is 4.74 Å². The van der Waals surface area contributed by atoms with Gasteiger partial charge in [-0.2, -0.15) is 4.98 Å². The number of hydrogen-bond donors (Lipinski definition) is 0. The van der Waals surface area contributed by atoms with Crippen molar-refractivity contribution < 1.29 is 14.3 Å². The van der Waals surface area contributed by atoms with Crippen LogP contribution in [-0.4, -0.2) is 28.2 Å². The highest BCUT2D eigenvalue weighted by Gasteiger charge is 2.31. The SMILES string of the molecule is COc1ccc2c3ccccc3n(C3CCC(=O)CC3=O)c2n1. The number of rotatable bonds is 2. The van der Waals surface area contributed by atoms with Gasteiger partial charge in [0.15, 0.2) is 5.78 Å². The minimum Gasteiger partial charge on any atom is -0.481 e. The Balaban J connectivity index is 2.02. The Bertz CT molecular complexity index is 942. The van der Waals surface area contributed by atoms with Crippen molar-refractivity contribution in [1.29, 1.82) is 0 Å². The lowest BCUT2D eigenvalue weighted by atomic mass is 9.93. The first-order valence-corrected chi connectivity index (χ1v) is 7.67. The second-order valence-corrected chi connectivity index (χ2v) is 5.85. The van der Waals surface area contributed by atoms with Crippen molar-refractivity contribution in [2.75, 3.05) is 7.11 Å². The van der Waals surface area contributed by atoms with Gasteiger partial charge in [-0.15, -0.1) is 0 Å². The number of ether oxygens (including phenoxy) is 1. The van der Waals surface area contributed by atoms with E-state index in [2.05, 4.69) is 4.98 Å². The summed E-state index contributed by atoms with van der Waals surface area (Å²) in [4.78, 5) is 28.6. The molecule has 0 aliphatic heterocycles. The van der Waals surface area contributed by atoms with Gasteiger partial charge in [-0.25, -0.2) is 0 Å². The van der Waals surface area contributed by atoms with Crippen LogP contribution in [0.25, 0.3) is 21.9 Å². The minimum atomic E-state index is -0.338. The Morgan fingerprint density at radius 1 is 1.13 bits per heavy atom. The maximum absolute atomic E-state index is 12.4. The first kappa shape index (κ1) is 13.9. The average molecular weight is 308 g/mol. The largest absolute Gasteiger partial charge is 0.481 e. The molecule has 0 radical (unpaired) electrons. The van der Waals surface area contributed by atoms with E-state index in [9.17, 15) is 9.59 Å². The lowest BCUT2D eigenvalue weighted by Crippen LogP contribution is -2.27. The number of carbonyl (C=O) groups is 2. The number of hydrogen-bond acceptors (Lipinski definition) is 4. The molecule has 1 fully saturated rings. The van der Waals surface area contributed by atoms with Crippen LogP contribution in [0.5, 0.6) is 5.88 Å². The van der Waals surface area contributed by atoms with E-state index in [0.29, 0.717) is 18.7 Å². The van der Waals surface area contributed by atoms with E-state index in [1.807, 2.05) is 41.0 Å². The van der Waals surface area contributed by atoms with Gasteiger partial charge < -0.3 is 9.30 Å². The van der Waals surface area contributed by atoms with Crippen molar-refractivity contribution in [2.45, 2.75) is 25.3 Å². The highest BCUT2D eigenvalue weighted by atomic mass is 16.5. The van der Waals surface area contributed by atoms with E-state index in [-0.39, 0.29) is 24.0 Å². The number of ketones is 2. The Morgan fingerprint density at radius 2 is 1.96 bits per heavy atom. The number of methoxy groups -OCH3 is 1. The lowest BCUT2D eigenvalue weighted by Gasteiger charge is -2.23. The highest BCUT2D eigenvalue weighted by molar-refractivity contribution is 6.09. The van der Waals surface area contributed by atoms with Crippen LogP contribution in [0.4, 0.5) is 0 Å². The fourth-order valence-electron chi connectivity index (χ4n) is 3.41. The van der Waals surface area contributed by atoms with Gasteiger partial charge >= 0.3 is 0 Å². The smallest absolute Gasteiger partial charge is 0.214 e. The van der Waals surface area contributed by atoms with E-state index in [4.69, 9.17) is 4.74 Å². The summed E-state index contributed by atoms with van der Waals surface area (Å²) in [6.07, 6.45) is 0.987. The normalized spacial score (nSPS) is 18.7. The predicted molar refractivity (Wildman–Crippen MR) is 86.7 cm³/mol. The Hall–Kier alpha value is -2.69. The summed E-state index contributed by atoms with van der Waals surface area (Å²) < 4.78 is 7.22. The highest BCUT2D eigenvalue weighted by Crippen LogP contribution is 2.35.